The SMILES string of the molecule is COc1c2cc(c(OC3OC(CO)C(O)C(O)C3O)c1OC)CCCCC(=O)C(O)Cc1ccc(O)c-2c1. The molecule has 1 aliphatic heterocycles. The fraction of sp³-hybridized carbons (Fsp3) is 0.519. The maximum absolute atomic E-state index is 12.5. The number of rotatable bonds is 5. The van der Waals surface area contributed by atoms with Gasteiger partial charge in [-0.2, -0.15) is 0 Å². The van der Waals surface area contributed by atoms with Gasteiger partial charge in [-0.25, -0.2) is 0 Å². The van der Waals surface area contributed by atoms with Gasteiger partial charge in [-0.1, -0.05) is 6.07 Å². The number of aliphatic hydroxyl groups is 5. The minimum absolute atomic E-state index is 0.0571. The Balaban J connectivity index is 1.85. The topological polar surface area (TPSA) is 175 Å². The highest BCUT2D eigenvalue weighted by Crippen LogP contribution is 2.50. The van der Waals surface area contributed by atoms with E-state index in [4.69, 9.17) is 18.9 Å². The molecule has 38 heavy (non-hydrogen) atoms. The van der Waals surface area contributed by atoms with Crippen molar-refractivity contribution in [2.45, 2.75) is 68.9 Å². The van der Waals surface area contributed by atoms with Crippen molar-refractivity contribution < 1.29 is 54.4 Å². The Bertz CT molecular complexity index is 1150. The molecular weight excluding hydrogens is 500 g/mol. The van der Waals surface area contributed by atoms with E-state index in [1.165, 1.54) is 20.3 Å². The van der Waals surface area contributed by atoms with Gasteiger partial charge in [0.05, 0.1) is 20.8 Å². The second kappa shape index (κ2) is 11.9. The fourth-order valence-corrected chi connectivity index (χ4v) is 4.90. The number of Topliss-reactive ketones (excluding diaryl/α,β-unsaturated/α-hetero) is 1. The fourth-order valence-electron chi connectivity index (χ4n) is 4.90. The Labute approximate surface area is 219 Å². The second-order valence-corrected chi connectivity index (χ2v) is 9.54. The number of benzene rings is 2. The first-order valence-electron chi connectivity index (χ1n) is 12.5. The van der Waals surface area contributed by atoms with E-state index in [1.807, 2.05) is 0 Å². The quantitative estimate of drug-likeness (QED) is 0.314. The number of ether oxygens (including phenoxy) is 4. The third-order valence-corrected chi connectivity index (χ3v) is 7.03. The normalized spacial score (nSPS) is 28.0. The lowest BCUT2D eigenvalue weighted by molar-refractivity contribution is -0.277. The average molecular weight is 535 g/mol. The van der Waals surface area contributed by atoms with Gasteiger partial charge in [0.1, 0.15) is 36.3 Å². The van der Waals surface area contributed by atoms with Gasteiger partial charge in [0.25, 0.3) is 0 Å². The molecule has 0 spiro atoms. The van der Waals surface area contributed by atoms with Crippen LogP contribution in [0.5, 0.6) is 23.0 Å². The van der Waals surface area contributed by atoms with Gasteiger partial charge in [0.2, 0.25) is 12.0 Å². The molecule has 11 nitrogen and oxygen atoms in total. The van der Waals surface area contributed by atoms with Crippen LogP contribution in [0.15, 0.2) is 24.3 Å². The van der Waals surface area contributed by atoms with Gasteiger partial charge in [0, 0.05) is 24.0 Å². The average Bonchev–Trinajstić information content (AvgIpc) is 2.92. The summed E-state index contributed by atoms with van der Waals surface area (Å²) in [5.41, 5.74) is 2.07. The summed E-state index contributed by atoms with van der Waals surface area (Å²) in [7, 11) is 2.81. The third kappa shape index (κ3) is 5.44. The van der Waals surface area contributed by atoms with E-state index >= 15 is 0 Å². The van der Waals surface area contributed by atoms with Crippen molar-refractivity contribution in [3.05, 3.63) is 35.4 Å². The lowest BCUT2D eigenvalue weighted by Crippen LogP contribution is -2.60. The van der Waals surface area contributed by atoms with E-state index in [1.54, 1.807) is 18.2 Å². The van der Waals surface area contributed by atoms with Crippen LogP contribution >= 0.6 is 0 Å². The van der Waals surface area contributed by atoms with E-state index in [-0.39, 0.29) is 41.6 Å². The van der Waals surface area contributed by atoms with E-state index in [0.29, 0.717) is 41.5 Å². The second-order valence-electron chi connectivity index (χ2n) is 9.54. The van der Waals surface area contributed by atoms with Crippen LogP contribution in [0.4, 0.5) is 0 Å². The number of aromatic hydroxyl groups is 1. The van der Waals surface area contributed by atoms with Crippen LogP contribution in [0.1, 0.15) is 30.4 Å². The number of phenolic OH excluding ortho intramolecular Hbond substituents is 1. The molecule has 6 N–H and O–H groups in total. The summed E-state index contributed by atoms with van der Waals surface area (Å²) >= 11 is 0. The third-order valence-electron chi connectivity index (χ3n) is 7.03. The zero-order valence-electron chi connectivity index (χ0n) is 21.2. The molecule has 1 aliphatic carbocycles. The predicted molar refractivity (Wildman–Crippen MR) is 133 cm³/mol. The maximum Gasteiger partial charge on any atom is 0.229 e. The summed E-state index contributed by atoms with van der Waals surface area (Å²) in [5.74, 6) is 0.133. The van der Waals surface area contributed by atoms with Crippen molar-refractivity contribution in [3.63, 3.8) is 0 Å². The van der Waals surface area contributed by atoms with Gasteiger partial charge in [0.15, 0.2) is 17.3 Å². The number of hydrogen-bond acceptors (Lipinski definition) is 11. The summed E-state index contributed by atoms with van der Waals surface area (Å²) < 4.78 is 22.9. The summed E-state index contributed by atoms with van der Waals surface area (Å²) in [5, 5.41) is 61.7. The largest absolute Gasteiger partial charge is 0.507 e. The number of aryl methyl sites for hydroxylation is 1. The highest BCUT2D eigenvalue weighted by atomic mass is 16.7. The molecule has 1 heterocycles. The predicted octanol–water partition coefficient (Wildman–Crippen LogP) is 0.454. The van der Waals surface area contributed by atoms with Crippen molar-refractivity contribution in [2.24, 2.45) is 0 Å². The van der Waals surface area contributed by atoms with Gasteiger partial charge in [-0.3, -0.25) is 4.79 Å². The molecule has 0 radical (unpaired) electrons. The number of ketones is 1. The van der Waals surface area contributed by atoms with Crippen molar-refractivity contribution in [1.82, 2.24) is 0 Å². The maximum atomic E-state index is 12.5. The van der Waals surface area contributed by atoms with Crippen LogP contribution in [-0.4, -0.2) is 94.1 Å². The Morgan fingerprint density at radius 2 is 1.61 bits per heavy atom. The molecule has 0 aromatic heterocycles. The lowest BCUT2D eigenvalue weighted by Gasteiger charge is -2.40. The summed E-state index contributed by atoms with van der Waals surface area (Å²) in [6, 6.07) is 6.53. The number of aliphatic hydroxyl groups excluding tert-OH is 5. The minimum atomic E-state index is -1.65. The Morgan fingerprint density at radius 1 is 0.895 bits per heavy atom. The molecule has 2 aliphatic rings. The molecule has 4 rings (SSSR count). The number of fused-ring (bicyclic) bond motifs is 5. The van der Waals surface area contributed by atoms with Gasteiger partial charge in [-0.15, -0.1) is 0 Å². The monoisotopic (exact) mass is 534 g/mol. The van der Waals surface area contributed by atoms with Gasteiger partial charge in [-0.05, 0) is 48.6 Å². The molecule has 2 aromatic carbocycles. The molecule has 6 unspecified atom stereocenters. The van der Waals surface area contributed by atoms with Crippen molar-refractivity contribution in [3.8, 4) is 34.1 Å². The number of carbonyl (C=O) groups excluding carboxylic acids is 1. The number of hydrogen-bond donors (Lipinski definition) is 6. The van der Waals surface area contributed by atoms with E-state index < -0.39 is 43.4 Å². The van der Waals surface area contributed by atoms with E-state index in [2.05, 4.69) is 0 Å². The Morgan fingerprint density at radius 3 is 2.29 bits per heavy atom. The highest BCUT2D eigenvalue weighted by Gasteiger charge is 2.45. The molecule has 2 aromatic rings. The molecule has 208 valence electrons. The Kier molecular flexibility index (Phi) is 8.76. The van der Waals surface area contributed by atoms with Crippen LogP contribution in [0.25, 0.3) is 11.1 Å². The molecule has 0 amide bonds. The molecule has 0 saturated carbocycles. The molecule has 4 bridgehead atoms. The van der Waals surface area contributed by atoms with Crippen molar-refractivity contribution in [2.75, 3.05) is 20.8 Å². The smallest absolute Gasteiger partial charge is 0.229 e. The summed E-state index contributed by atoms with van der Waals surface area (Å²) in [6.45, 7) is -0.618. The van der Waals surface area contributed by atoms with Crippen molar-refractivity contribution in [1.29, 1.82) is 0 Å². The molecule has 1 saturated heterocycles. The minimum Gasteiger partial charge on any atom is -0.507 e. The number of phenols is 1. The van der Waals surface area contributed by atoms with E-state index in [0.717, 1.165) is 0 Å². The van der Waals surface area contributed by atoms with Crippen LogP contribution in [-0.2, 0) is 22.4 Å². The zero-order valence-corrected chi connectivity index (χ0v) is 21.2. The zero-order chi connectivity index (χ0) is 27.6. The first kappa shape index (κ1) is 28.1. The van der Waals surface area contributed by atoms with Crippen LogP contribution in [0, 0.1) is 0 Å². The standard InChI is InChI=1S/C27H34O11/c1-35-25-16-11-14(5-3-4-6-18(30)19(31)10-13-7-8-17(29)15(16)9-13)24(26(25)36-2)38-27-23(34)22(33)21(32)20(12-28)37-27/h7-9,11,19-23,27-29,31-34H,3-6,10,12H2,1-2H3. The summed E-state index contributed by atoms with van der Waals surface area (Å²) in [4.78, 5) is 12.5. The first-order valence-corrected chi connectivity index (χ1v) is 12.5. The molecule has 6 atom stereocenters. The van der Waals surface area contributed by atoms with Crippen LogP contribution in [0.3, 0.4) is 0 Å². The van der Waals surface area contributed by atoms with Gasteiger partial charge < -0.3 is 49.6 Å². The Hall–Kier alpha value is -2.93. The summed E-state index contributed by atoms with van der Waals surface area (Å²) in [6.07, 6.45) is -6.98. The molecule has 1 fully saturated rings. The van der Waals surface area contributed by atoms with Crippen LogP contribution < -0.4 is 14.2 Å². The highest BCUT2D eigenvalue weighted by molar-refractivity contribution is 5.84. The lowest BCUT2D eigenvalue weighted by atomic mass is 9.94. The number of carbonyl (C=O) groups is 1. The molecular formula is C27H34O11. The van der Waals surface area contributed by atoms with Gasteiger partial charge >= 0.3 is 0 Å². The van der Waals surface area contributed by atoms with Crippen LogP contribution in [0.2, 0.25) is 0 Å². The first-order chi connectivity index (χ1) is 18.2. The van der Waals surface area contributed by atoms with E-state index in [9.17, 15) is 35.4 Å². The van der Waals surface area contributed by atoms with Crippen molar-refractivity contribution >= 4 is 5.78 Å². The molecule has 11 heteroatoms. The number of methoxy groups -OCH3 is 2.